The van der Waals surface area contributed by atoms with Crippen molar-refractivity contribution in [3.63, 3.8) is 0 Å². The van der Waals surface area contributed by atoms with E-state index in [0.717, 1.165) is 18.5 Å². The number of carboxylic acid groups (broad SMARTS) is 1. The van der Waals surface area contributed by atoms with Gasteiger partial charge in [0.1, 0.15) is 36.2 Å². The molecule has 1 aromatic carbocycles. The van der Waals surface area contributed by atoms with E-state index in [1.165, 1.54) is 12.3 Å². The lowest BCUT2D eigenvalue weighted by Gasteiger charge is -2.17. The van der Waals surface area contributed by atoms with Gasteiger partial charge in [-0.3, -0.25) is 0 Å². The predicted octanol–water partition coefficient (Wildman–Crippen LogP) is 4.70. The van der Waals surface area contributed by atoms with E-state index >= 15 is 0 Å². The number of pyridine rings is 1. The van der Waals surface area contributed by atoms with Gasteiger partial charge >= 0.3 is 18.3 Å². The van der Waals surface area contributed by atoms with Gasteiger partial charge in [0.15, 0.2) is 6.61 Å². The average molecular weight is 621 g/mol. The number of primary sulfonamides is 1. The van der Waals surface area contributed by atoms with Crippen molar-refractivity contribution in [3.8, 4) is 5.75 Å². The first-order valence-corrected chi connectivity index (χ1v) is 12.0. The Morgan fingerprint density at radius 3 is 2.08 bits per heavy atom. The highest BCUT2D eigenvalue weighted by Gasteiger charge is 2.38. The predicted molar refractivity (Wildman–Crippen MR) is 126 cm³/mol. The van der Waals surface area contributed by atoms with E-state index in [1.807, 2.05) is 0 Å². The summed E-state index contributed by atoms with van der Waals surface area (Å²) in [5.74, 6) is -2.53. The normalized spacial score (nSPS) is 11.7. The van der Waals surface area contributed by atoms with Gasteiger partial charge in [0, 0.05) is 17.8 Å². The molecular weight excluding hydrogens is 605 g/mol. The zero-order chi connectivity index (χ0) is 30.3. The van der Waals surface area contributed by atoms with Crippen LogP contribution in [0.15, 0.2) is 47.8 Å². The minimum Gasteiger partial charge on any atom is -0.482 e. The number of hydrogen-bond donors (Lipinski definition) is 4. The van der Waals surface area contributed by atoms with Crippen LogP contribution in [-0.2, 0) is 21.5 Å². The summed E-state index contributed by atoms with van der Waals surface area (Å²) in [7, 11) is -4.39. The van der Waals surface area contributed by atoms with Crippen molar-refractivity contribution in [1.29, 1.82) is 0 Å². The van der Waals surface area contributed by atoms with Gasteiger partial charge in [-0.2, -0.15) is 26.3 Å². The molecule has 0 fully saturated rings. The molecule has 0 aliphatic carbocycles. The number of hydrogen-bond acceptors (Lipinski definition) is 9. The number of anilines is 4. The minimum atomic E-state index is -5.08. The van der Waals surface area contributed by atoms with Crippen molar-refractivity contribution in [1.82, 2.24) is 15.0 Å². The van der Waals surface area contributed by atoms with Crippen molar-refractivity contribution in [2.75, 3.05) is 17.2 Å². The minimum absolute atomic E-state index is 0.0479. The summed E-state index contributed by atoms with van der Waals surface area (Å²) in [6.45, 7) is -3.00. The Morgan fingerprint density at radius 2 is 1.60 bits per heavy atom. The van der Waals surface area contributed by atoms with E-state index in [-0.39, 0.29) is 17.3 Å². The van der Waals surface area contributed by atoms with Crippen LogP contribution in [0.3, 0.4) is 0 Å². The van der Waals surface area contributed by atoms with Crippen molar-refractivity contribution < 1.29 is 53.8 Å². The summed E-state index contributed by atoms with van der Waals surface area (Å²) in [6.07, 6.45) is -7.24. The quantitative estimate of drug-likeness (QED) is 0.259. The molecule has 0 unspecified atom stereocenters. The van der Waals surface area contributed by atoms with Crippen LogP contribution in [0.5, 0.6) is 5.75 Å². The zero-order valence-electron chi connectivity index (χ0n) is 19.4. The molecule has 0 radical (unpaired) electrons. The first-order valence-electron chi connectivity index (χ1n) is 10.1. The summed E-state index contributed by atoms with van der Waals surface area (Å²) in [4.78, 5) is 20.2. The number of sulfonamides is 1. The van der Waals surface area contributed by atoms with Crippen LogP contribution in [0.1, 0.15) is 5.56 Å². The molecule has 0 atom stereocenters. The van der Waals surface area contributed by atoms with E-state index in [0.29, 0.717) is 10.8 Å². The monoisotopic (exact) mass is 620 g/mol. The van der Waals surface area contributed by atoms with Crippen LogP contribution in [0.2, 0.25) is 5.02 Å². The van der Waals surface area contributed by atoms with Gasteiger partial charge in [0.25, 0.3) is 0 Å². The number of nitrogens with two attached hydrogens (primary N) is 1. The third-order valence-corrected chi connectivity index (χ3v) is 5.38. The molecule has 3 rings (SSSR count). The van der Waals surface area contributed by atoms with Gasteiger partial charge in [-0.1, -0.05) is 11.6 Å². The highest BCUT2D eigenvalue weighted by atomic mass is 35.5. The van der Waals surface area contributed by atoms with E-state index in [4.69, 9.17) is 31.4 Å². The zero-order valence-corrected chi connectivity index (χ0v) is 21.0. The number of ether oxygens (including phenoxy) is 1. The van der Waals surface area contributed by atoms with Crippen LogP contribution in [-0.4, -0.2) is 53.4 Å². The Kier molecular flexibility index (Phi) is 10.4. The Labute approximate surface area is 225 Å². The maximum Gasteiger partial charge on any atom is 0.490 e. The molecular formula is C20H16ClF7N6O5S. The van der Waals surface area contributed by atoms with Crippen LogP contribution in [0, 0.1) is 0 Å². The number of aromatic nitrogens is 3. The second-order valence-corrected chi connectivity index (χ2v) is 9.21. The van der Waals surface area contributed by atoms with E-state index in [1.54, 1.807) is 12.1 Å². The Balaban J connectivity index is 0.000000708. The molecule has 40 heavy (non-hydrogen) atoms. The van der Waals surface area contributed by atoms with E-state index < -0.39 is 57.8 Å². The maximum atomic E-state index is 13.4. The molecule has 0 amide bonds. The Hall–Kier alpha value is -3.97. The number of rotatable bonds is 8. The van der Waals surface area contributed by atoms with Gasteiger partial charge < -0.3 is 20.5 Å². The third kappa shape index (κ3) is 10.3. The third-order valence-electron chi connectivity index (χ3n) is 4.16. The molecule has 0 aliphatic heterocycles. The van der Waals surface area contributed by atoms with Crippen molar-refractivity contribution in [2.24, 2.45) is 5.14 Å². The van der Waals surface area contributed by atoms with Gasteiger partial charge in [0.05, 0.1) is 15.6 Å². The average Bonchev–Trinajstić information content (AvgIpc) is 2.83. The number of aliphatic carboxylic acids is 1. The number of carbonyl (C=O) groups is 1. The lowest BCUT2D eigenvalue weighted by Crippen LogP contribution is -2.21. The first kappa shape index (κ1) is 32.2. The number of alkyl halides is 7. The van der Waals surface area contributed by atoms with Crippen molar-refractivity contribution >= 4 is 50.7 Å². The van der Waals surface area contributed by atoms with E-state index in [2.05, 4.69) is 25.6 Å². The van der Waals surface area contributed by atoms with Gasteiger partial charge in [-0.25, -0.2) is 37.7 Å². The number of benzene rings is 1. The van der Waals surface area contributed by atoms with Crippen molar-refractivity contribution in [2.45, 2.75) is 23.9 Å². The number of carboxylic acids is 1. The molecule has 218 valence electrons. The van der Waals surface area contributed by atoms with E-state index in [9.17, 15) is 39.2 Å². The molecule has 0 spiro atoms. The van der Waals surface area contributed by atoms with Gasteiger partial charge in [-0.05, 0) is 24.3 Å². The first-order chi connectivity index (χ1) is 18.4. The Bertz CT molecular complexity index is 1440. The van der Waals surface area contributed by atoms with Crippen LogP contribution < -0.4 is 20.5 Å². The van der Waals surface area contributed by atoms with Gasteiger partial charge in [0.2, 0.25) is 10.0 Å². The second-order valence-electron chi connectivity index (χ2n) is 7.24. The topological polar surface area (TPSA) is 169 Å². The fraction of sp³-hybridized carbons (Fsp3) is 0.200. The molecule has 2 heterocycles. The van der Waals surface area contributed by atoms with Crippen molar-refractivity contribution in [3.05, 3.63) is 53.4 Å². The SMILES string of the molecule is NS(=O)(=O)c1cc(Nc2cc(Nc3ccc(Cl)cn3)ncn2)c(OCC(F)(F)F)cc1CF.O=C(O)C(F)(F)F. The standard InChI is InChI=1S/C18H15ClF4N6O3S.C2HF3O2/c19-11-1-2-15(25-7-11)29-17-5-16(26-9-27-17)28-12-4-14(33(24,30)31)10(6-20)3-13(12)32-8-18(21,22)23;3-2(4,5)1(6)7/h1-5,7,9H,6,8H2,(H2,24,30,31)(H2,25,26,27,28,29);(H,6,7). The summed E-state index contributed by atoms with van der Waals surface area (Å²) in [5, 5.41) is 18.2. The number of nitrogens with one attached hydrogen (secondary N) is 2. The molecule has 20 heteroatoms. The van der Waals surface area contributed by atoms with Gasteiger partial charge in [-0.15, -0.1) is 0 Å². The van der Waals surface area contributed by atoms with Crippen LogP contribution in [0.4, 0.5) is 53.9 Å². The summed E-state index contributed by atoms with van der Waals surface area (Å²) >= 11 is 5.78. The fourth-order valence-corrected chi connectivity index (χ4v) is 3.43. The number of halogens is 8. The summed E-state index contributed by atoms with van der Waals surface area (Å²) in [6, 6.07) is 6.22. The smallest absolute Gasteiger partial charge is 0.482 e. The Morgan fingerprint density at radius 1 is 1.00 bits per heavy atom. The largest absolute Gasteiger partial charge is 0.490 e. The summed E-state index contributed by atoms with van der Waals surface area (Å²) in [5.41, 5.74) is -0.700. The highest BCUT2D eigenvalue weighted by Crippen LogP contribution is 2.34. The molecule has 3 aromatic rings. The lowest BCUT2D eigenvalue weighted by atomic mass is 10.2. The fourth-order valence-electron chi connectivity index (χ4n) is 2.56. The molecule has 2 aromatic heterocycles. The molecule has 0 saturated carbocycles. The molecule has 11 nitrogen and oxygen atoms in total. The highest BCUT2D eigenvalue weighted by molar-refractivity contribution is 7.89. The number of nitrogens with zero attached hydrogens (tertiary/aromatic N) is 3. The molecule has 0 aliphatic rings. The summed E-state index contributed by atoms with van der Waals surface area (Å²) < 4.78 is 111. The van der Waals surface area contributed by atoms with Crippen LogP contribution in [0.25, 0.3) is 0 Å². The lowest BCUT2D eigenvalue weighted by molar-refractivity contribution is -0.192. The second kappa shape index (κ2) is 12.9. The maximum absolute atomic E-state index is 13.4. The molecule has 0 bridgehead atoms. The van der Waals surface area contributed by atoms with Crippen LogP contribution >= 0.6 is 11.6 Å². The molecule has 5 N–H and O–H groups in total. The molecule has 0 saturated heterocycles.